The average molecular weight is 323 g/mol. The fraction of sp³-hybridized carbons (Fsp3) is 0.833. The first-order valence-corrected chi connectivity index (χ1v) is 8.96. The zero-order valence-electron chi connectivity index (χ0n) is 13.9. The lowest BCUT2D eigenvalue weighted by Gasteiger charge is -2.30. The highest BCUT2D eigenvalue weighted by atomic mass is 16.3. The molecule has 2 fully saturated rings. The first kappa shape index (κ1) is 18.4. The zero-order valence-corrected chi connectivity index (χ0v) is 13.9. The highest BCUT2D eigenvalue weighted by Gasteiger charge is 2.41. The second kappa shape index (κ2) is 8.79. The fourth-order valence-electron chi connectivity index (χ4n) is 3.65. The maximum absolute atomic E-state index is 12.2. The van der Waals surface area contributed by atoms with Crippen molar-refractivity contribution in [3.8, 4) is 12.3 Å². The van der Waals surface area contributed by atoms with E-state index in [0.29, 0.717) is 5.92 Å². The number of rotatable bonds is 8. The highest BCUT2D eigenvalue weighted by molar-refractivity contribution is 5.72. The van der Waals surface area contributed by atoms with Crippen LogP contribution in [0.5, 0.6) is 0 Å². The average Bonchev–Trinajstić information content (AvgIpc) is 3.39. The smallest absolute Gasteiger partial charge is 0.328 e. The Morgan fingerprint density at radius 2 is 1.87 bits per heavy atom. The Hall–Kier alpha value is -0.930. The summed E-state index contributed by atoms with van der Waals surface area (Å²) < 4.78 is 0. The molecule has 0 spiro atoms. The molecule has 2 saturated carbocycles. The summed E-state index contributed by atoms with van der Waals surface area (Å²) in [5.74, 6) is 2.89. The van der Waals surface area contributed by atoms with Gasteiger partial charge in [-0.15, -0.1) is 12.3 Å². The van der Waals surface area contributed by atoms with Gasteiger partial charge in [0.2, 0.25) is 0 Å². The molecule has 130 valence electrons. The number of hydrogen-bond acceptors (Lipinski definition) is 4. The first-order valence-electron chi connectivity index (χ1n) is 8.96. The predicted octanol–water partition coefficient (Wildman–Crippen LogP) is -0.102. The number of primary amides is 1. The first-order chi connectivity index (χ1) is 11.0. The number of hydrogen-bond donors (Lipinski definition) is 4. The van der Waals surface area contributed by atoms with Gasteiger partial charge < -0.3 is 15.9 Å². The predicted molar refractivity (Wildman–Crippen MR) is 88.1 cm³/mol. The van der Waals surface area contributed by atoms with Gasteiger partial charge in [0.1, 0.15) is 18.2 Å². The lowest BCUT2D eigenvalue weighted by atomic mass is 9.82. The molecule has 0 bridgehead atoms. The summed E-state index contributed by atoms with van der Waals surface area (Å²) in [7, 11) is 0. The highest BCUT2D eigenvalue weighted by Crippen LogP contribution is 2.35. The number of quaternary nitrogens is 1. The molecule has 5 nitrogen and oxygen atoms in total. The van der Waals surface area contributed by atoms with Crippen LogP contribution in [0.3, 0.4) is 0 Å². The van der Waals surface area contributed by atoms with E-state index in [9.17, 15) is 15.0 Å². The molecule has 23 heavy (non-hydrogen) atoms. The van der Waals surface area contributed by atoms with E-state index in [2.05, 4.69) is 5.92 Å². The van der Waals surface area contributed by atoms with Crippen molar-refractivity contribution in [2.75, 3.05) is 0 Å². The molecule has 2 aliphatic carbocycles. The molecule has 2 rings (SSSR count). The van der Waals surface area contributed by atoms with Crippen LogP contribution in [-0.4, -0.2) is 40.4 Å². The SMILES string of the molecule is C#CC[C@H](N)C(=O)[NH2+][C@@H](CC1CCCCC1)[C@@H](O)[C@@H](O)C1CC1. The van der Waals surface area contributed by atoms with Crippen molar-refractivity contribution in [3.63, 3.8) is 0 Å². The second-order valence-electron chi connectivity index (χ2n) is 7.31. The number of aliphatic hydroxyl groups excluding tert-OH is 2. The van der Waals surface area contributed by atoms with Gasteiger partial charge in [0.25, 0.3) is 0 Å². The Labute approximate surface area is 139 Å². The van der Waals surface area contributed by atoms with Gasteiger partial charge in [-0.25, -0.2) is 4.79 Å². The fourth-order valence-corrected chi connectivity index (χ4v) is 3.65. The van der Waals surface area contributed by atoms with E-state index < -0.39 is 18.2 Å². The topological polar surface area (TPSA) is 100 Å². The maximum atomic E-state index is 12.2. The standard InChI is InChI=1S/C18H30N2O3/c1-2-6-14(19)18(23)20-15(11-12-7-4-3-5-8-12)17(22)16(21)13-9-10-13/h1,12-17,21-22H,3-11,19H2,(H,20,23)/p+1/t14-,15-,16-,17+/m0/s1. The molecule has 0 heterocycles. The molecule has 0 aromatic rings. The molecular formula is C18H31N2O3+. The van der Waals surface area contributed by atoms with Crippen molar-refractivity contribution in [3.05, 3.63) is 0 Å². The largest absolute Gasteiger partial charge is 0.390 e. The van der Waals surface area contributed by atoms with E-state index in [1.54, 1.807) is 0 Å². The lowest BCUT2D eigenvalue weighted by molar-refractivity contribution is -0.620. The van der Waals surface area contributed by atoms with Gasteiger partial charge in [-0.3, -0.25) is 5.32 Å². The molecule has 0 saturated heterocycles. The molecule has 5 heteroatoms. The molecule has 0 aliphatic heterocycles. The van der Waals surface area contributed by atoms with Crippen molar-refractivity contribution in [2.45, 2.75) is 82.1 Å². The van der Waals surface area contributed by atoms with E-state index in [0.717, 1.165) is 32.1 Å². The summed E-state index contributed by atoms with van der Waals surface area (Å²) in [4.78, 5) is 12.2. The van der Waals surface area contributed by atoms with Crippen LogP contribution in [0, 0.1) is 24.2 Å². The third-order valence-electron chi connectivity index (χ3n) is 5.31. The summed E-state index contributed by atoms with van der Waals surface area (Å²) in [5.41, 5.74) is 5.79. The minimum Gasteiger partial charge on any atom is -0.390 e. The molecule has 2 aliphatic rings. The molecular weight excluding hydrogens is 292 g/mol. The zero-order chi connectivity index (χ0) is 16.8. The van der Waals surface area contributed by atoms with Crippen LogP contribution in [0.4, 0.5) is 0 Å². The Morgan fingerprint density at radius 1 is 1.22 bits per heavy atom. The summed E-state index contributed by atoms with van der Waals surface area (Å²) in [6, 6.07) is -1.04. The molecule has 4 atom stereocenters. The van der Waals surface area contributed by atoms with Crippen molar-refractivity contribution in [2.24, 2.45) is 17.6 Å². The maximum Gasteiger partial charge on any atom is 0.328 e. The molecule has 6 N–H and O–H groups in total. The normalized spacial score (nSPS) is 24.4. The van der Waals surface area contributed by atoms with Crippen LogP contribution in [-0.2, 0) is 4.79 Å². The third kappa shape index (κ3) is 5.58. The second-order valence-corrected chi connectivity index (χ2v) is 7.31. The lowest BCUT2D eigenvalue weighted by Crippen LogP contribution is -2.98. The molecule has 0 aromatic carbocycles. The Balaban J connectivity index is 1.97. The van der Waals surface area contributed by atoms with Crippen LogP contribution >= 0.6 is 0 Å². The van der Waals surface area contributed by atoms with Crippen molar-refractivity contribution >= 4 is 5.91 Å². The van der Waals surface area contributed by atoms with Gasteiger partial charge >= 0.3 is 5.91 Å². The minimum absolute atomic E-state index is 0.182. The molecule has 1 amide bonds. The van der Waals surface area contributed by atoms with E-state index in [1.807, 2.05) is 0 Å². The Kier molecular flexibility index (Phi) is 7.04. The van der Waals surface area contributed by atoms with Crippen molar-refractivity contribution in [1.82, 2.24) is 0 Å². The molecule has 0 radical (unpaired) electrons. The summed E-state index contributed by atoms with van der Waals surface area (Å²) >= 11 is 0. The van der Waals surface area contributed by atoms with Gasteiger partial charge in [-0.05, 0) is 24.7 Å². The number of carbonyl (C=O) groups excluding carboxylic acids is 1. The summed E-state index contributed by atoms with van der Waals surface area (Å²) in [5, 5.41) is 22.4. The van der Waals surface area contributed by atoms with Gasteiger partial charge in [0.05, 0.1) is 6.10 Å². The number of terminal acetylenes is 1. The van der Waals surface area contributed by atoms with Gasteiger partial charge in [0, 0.05) is 12.8 Å². The van der Waals surface area contributed by atoms with Gasteiger partial charge in [-0.1, -0.05) is 32.1 Å². The van der Waals surface area contributed by atoms with Gasteiger partial charge in [0.15, 0.2) is 0 Å². The van der Waals surface area contributed by atoms with Crippen LogP contribution < -0.4 is 11.1 Å². The number of amides is 1. The van der Waals surface area contributed by atoms with E-state index in [-0.39, 0.29) is 24.3 Å². The summed E-state index contributed by atoms with van der Waals surface area (Å²) in [6.07, 6.45) is 12.4. The van der Waals surface area contributed by atoms with E-state index in [1.165, 1.54) is 24.6 Å². The van der Waals surface area contributed by atoms with Crippen molar-refractivity contribution < 1.29 is 20.3 Å². The molecule has 0 unspecified atom stereocenters. The van der Waals surface area contributed by atoms with E-state index in [4.69, 9.17) is 12.2 Å². The van der Waals surface area contributed by atoms with Crippen LogP contribution in [0.25, 0.3) is 0 Å². The number of nitrogens with two attached hydrogens (primary N) is 2. The van der Waals surface area contributed by atoms with Crippen molar-refractivity contribution in [1.29, 1.82) is 0 Å². The number of carbonyl (C=O) groups is 1. The quantitative estimate of drug-likeness (QED) is 0.469. The number of aliphatic hydroxyl groups is 2. The van der Waals surface area contributed by atoms with Crippen LogP contribution in [0.2, 0.25) is 0 Å². The minimum atomic E-state index is -0.883. The van der Waals surface area contributed by atoms with Crippen LogP contribution in [0.15, 0.2) is 0 Å². The van der Waals surface area contributed by atoms with Crippen LogP contribution in [0.1, 0.15) is 57.8 Å². The third-order valence-corrected chi connectivity index (χ3v) is 5.31. The Bertz CT molecular complexity index is 424. The molecule has 0 aromatic heterocycles. The van der Waals surface area contributed by atoms with Gasteiger partial charge in [-0.2, -0.15) is 0 Å². The van der Waals surface area contributed by atoms with E-state index >= 15 is 0 Å². The summed E-state index contributed by atoms with van der Waals surface area (Å²) in [6.45, 7) is 0. The Morgan fingerprint density at radius 3 is 2.43 bits per heavy atom. The monoisotopic (exact) mass is 323 g/mol.